The molecule has 0 aromatic rings. The van der Waals surface area contributed by atoms with E-state index in [0.29, 0.717) is 0 Å². The molecule has 0 aliphatic rings. The van der Waals surface area contributed by atoms with Crippen molar-refractivity contribution >= 4 is 24.2 Å². The molecular weight excluding hydrogens is 152 g/mol. The maximum absolute atomic E-state index is 5.84. The van der Waals surface area contributed by atoms with E-state index in [-0.39, 0.29) is 16.0 Å². The molecule has 9 heavy (non-hydrogen) atoms. The molecule has 0 aliphatic heterocycles. The van der Waals surface area contributed by atoms with E-state index >= 15 is 0 Å². The minimum absolute atomic E-state index is 0.147. The van der Waals surface area contributed by atoms with Crippen LogP contribution in [0, 0.1) is 5.41 Å². The molecule has 2 unspecified atom stereocenters. The van der Waals surface area contributed by atoms with Crippen LogP contribution in [-0.4, -0.2) is 10.6 Å². The van der Waals surface area contributed by atoms with Gasteiger partial charge in [-0.2, -0.15) is 12.6 Å². The highest BCUT2D eigenvalue weighted by molar-refractivity contribution is 7.81. The van der Waals surface area contributed by atoms with Crippen LogP contribution in [-0.2, 0) is 0 Å². The summed E-state index contributed by atoms with van der Waals surface area (Å²) < 4.78 is 0. The molecule has 0 aromatic heterocycles. The number of alkyl halides is 1. The van der Waals surface area contributed by atoms with Crippen molar-refractivity contribution in [3.63, 3.8) is 0 Å². The van der Waals surface area contributed by atoms with Crippen LogP contribution in [0.15, 0.2) is 0 Å². The van der Waals surface area contributed by atoms with E-state index in [4.69, 9.17) is 11.6 Å². The van der Waals surface area contributed by atoms with Crippen LogP contribution in [0.3, 0.4) is 0 Å². The predicted octanol–water partition coefficient (Wildman–Crippen LogP) is 2.96. The summed E-state index contributed by atoms with van der Waals surface area (Å²) in [5.41, 5.74) is 0.213. The van der Waals surface area contributed by atoms with Crippen molar-refractivity contribution in [3.8, 4) is 0 Å². The molecule has 0 fully saturated rings. The summed E-state index contributed by atoms with van der Waals surface area (Å²) in [7, 11) is 0. The van der Waals surface area contributed by atoms with Crippen molar-refractivity contribution in [1.29, 1.82) is 0 Å². The number of hydrogen-bond donors (Lipinski definition) is 1. The smallest absolute Gasteiger partial charge is 0.0429 e. The Morgan fingerprint density at radius 3 is 1.67 bits per heavy atom. The SMILES string of the molecule is CC(Cl)C(S)C(C)(C)C. The van der Waals surface area contributed by atoms with Crippen LogP contribution >= 0.6 is 24.2 Å². The maximum atomic E-state index is 5.84. The summed E-state index contributed by atoms with van der Waals surface area (Å²) in [5, 5.41) is 0.424. The molecule has 2 heteroatoms. The molecule has 0 rings (SSSR count). The monoisotopic (exact) mass is 166 g/mol. The van der Waals surface area contributed by atoms with Crippen LogP contribution in [0.1, 0.15) is 27.7 Å². The van der Waals surface area contributed by atoms with E-state index in [2.05, 4.69) is 33.4 Å². The summed E-state index contributed by atoms with van der Waals surface area (Å²) in [6, 6.07) is 0. The van der Waals surface area contributed by atoms with Gasteiger partial charge in [-0.25, -0.2) is 0 Å². The molecule has 0 N–H and O–H groups in total. The molecule has 56 valence electrons. The average molecular weight is 167 g/mol. The quantitative estimate of drug-likeness (QED) is 0.450. The molecule has 2 atom stereocenters. The lowest BCUT2D eigenvalue weighted by Crippen LogP contribution is -2.27. The summed E-state index contributed by atoms with van der Waals surface area (Å²) in [4.78, 5) is 0. The second kappa shape index (κ2) is 3.16. The minimum Gasteiger partial charge on any atom is -0.174 e. The standard InChI is InChI=1S/C7H15ClS/c1-5(8)6(9)7(2,3)4/h5-6,9H,1-4H3. The Morgan fingerprint density at radius 1 is 1.33 bits per heavy atom. The van der Waals surface area contributed by atoms with Crippen LogP contribution < -0.4 is 0 Å². The van der Waals surface area contributed by atoms with Gasteiger partial charge < -0.3 is 0 Å². The Balaban J connectivity index is 3.88. The van der Waals surface area contributed by atoms with E-state index in [1.807, 2.05) is 6.92 Å². The van der Waals surface area contributed by atoms with Gasteiger partial charge in [0.15, 0.2) is 0 Å². The van der Waals surface area contributed by atoms with Gasteiger partial charge in [0.2, 0.25) is 0 Å². The van der Waals surface area contributed by atoms with Crippen molar-refractivity contribution < 1.29 is 0 Å². The van der Waals surface area contributed by atoms with Crippen molar-refractivity contribution in [3.05, 3.63) is 0 Å². The van der Waals surface area contributed by atoms with Crippen molar-refractivity contribution in [2.45, 2.75) is 38.3 Å². The Morgan fingerprint density at radius 2 is 1.67 bits per heavy atom. The van der Waals surface area contributed by atoms with Gasteiger partial charge >= 0.3 is 0 Å². The highest BCUT2D eigenvalue weighted by Crippen LogP contribution is 2.28. The Labute approximate surface area is 68.4 Å². The zero-order valence-corrected chi connectivity index (χ0v) is 8.13. The fourth-order valence-electron chi connectivity index (χ4n) is 0.689. The van der Waals surface area contributed by atoms with Crippen LogP contribution in [0.4, 0.5) is 0 Å². The molecule has 0 heterocycles. The van der Waals surface area contributed by atoms with E-state index in [9.17, 15) is 0 Å². The van der Waals surface area contributed by atoms with Gasteiger partial charge in [-0.15, -0.1) is 11.6 Å². The van der Waals surface area contributed by atoms with Gasteiger partial charge in [-0.3, -0.25) is 0 Å². The van der Waals surface area contributed by atoms with Crippen LogP contribution in [0.5, 0.6) is 0 Å². The van der Waals surface area contributed by atoms with Gasteiger partial charge in [0.1, 0.15) is 0 Å². The second-order valence-corrected chi connectivity index (χ2v) is 4.73. The highest BCUT2D eigenvalue weighted by atomic mass is 35.5. The van der Waals surface area contributed by atoms with Gasteiger partial charge in [0.05, 0.1) is 0 Å². The summed E-state index contributed by atoms with van der Waals surface area (Å²) in [6.45, 7) is 8.40. The normalized spacial score (nSPS) is 19.3. The molecule has 0 spiro atoms. The Bertz CT molecular complexity index is 83.4. The number of halogens is 1. The third-order valence-electron chi connectivity index (χ3n) is 1.32. The first-order chi connectivity index (χ1) is 3.85. The lowest BCUT2D eigenvalue weighted by atomic mass is 9.90. The van der Waals surface area contributed by atoms with E-state index in [1.165, 1.54) is 0 Å². The molecule has 0 radical (unpaired) electrons. The van der Waals surface area contributed by atoms with Crippen molar-refractivity contribution in [2.75, 3.05) is 0 Å². The molecule has 0 amide bonds. The molecule has 0 saturated carbocycles. The fourth-order valence-corrected chi connectivity index (χ4v) is 1.07. The number of hydrogen-bond acceptors (Lipinski definition) is 1. The first-order valence-electron chi connectivity index (χ1n) is 3.18. The van der Waals surface area contributed by atoms with Crippen molar-refractivity contribution in [2.24, 2.45) is 5.41 Å². The van der Waals surface area contributed by atoms with E-state index in [0.717, 1.165) is 0 Å². The first-order valence-corrected chi connectivity index (χ1v) is 4.13. The minimum atomic E-state index is 0.147. The third-order valence-corrected chi connectivity index (χ3v) is 2.97. The lowest BCUT2D eigenvalue weighted by Gasteiger charge is -2.28. The maximum Gasteiger partial charge on any atom is 0.0429 e. The summed E-state index contributed by atoms with van der Waals surface area (Å²) in [5.74, 6) is 0. The number of rotatable bonds is 1. The first kappa shape index (κ1) is 9.64. The number of thiol groups is 1. The Hall–Kier alpha value is 0.640. The zero-order valence-electron chi connectivity index (χ0n) is 6.48. The zero-order chi connectivity index (χ0) is 7.65. The third kappa shape index (κ3) is 3.36. The van der Waals surface area contributed by atoms with Gasteiger partial charge in [0.25, 0.3) is 0 Å². The Kier molecular flexibility index (Phi) is 3.38. The lowest BCUT2D eigenvalue weighted by molar-refractivity contribution is 0.392. The fraction of sp³-hybridized carbons (Fsp3) is 1.00. The van der Waals surface area contributed by atoms with Crippen molar-refractivity contribution in [1.82, 2.24) is 0 Å². The second-order valence-electron chi connectivity index (χ2n) is 3.49. The molecule has 0 bridgehead atoms. The van der Waals surface area contributed by atoms with E-state index < -0.39 is 0 Å². The highest BCUT2D eigenvalue weighted by Gasteiger charge is 2.24. The molecule has 0 aliphatic carbocycles. The van der Waals surface area contributed by atoms with Crippen LogP contribution in [0.2, 0.25) is 0 Å². The molecule has 0 nitrogen and oxygen atoms in total. The molecular formula is C7H15ClS. The molecule has 0 aromatic carbocycles. The average Bonchev–Trinajstić information content (AvgIpc) is 1.62. The van der Waals surface area contributed by atoms with E-state index in [1.54, 1.807) is 0 Å². The topological polar surface area (TPSA) is 0 Å². The van der Waals surface area contributed by atoms with Gasteiger partial charge in [0, 0.05) is 10.6 Å². The summed E-state index contributed by atoms with van der Waals surface area (Å²) in [6.07, 6.45) is 0. The van der Waals surface area contributed by atoms with Gasteiger partial charge in [-0.05, 0) is 12.3 Å². The largest absolute Gasteiger partial charge is 0.174 e. The van der Waals surface area contributed by atoms with Crippen LogP contribution in [0.25, 0.3) is 0 Å². The van der Waals surface area contributed by atoms with Gasteiger partial charge in [-0.1, -0.05) is 20.8 Å². The predicted molar refractivity (Wildman–Crippen MR) is 47.5 cm³/mol. The molecule has 0 saturated heterocycles. The summed E-state index contributed by atoms with van der Waals surface area (Å²) >= 11 is 10.2.